The number of amidine groups is 1. The lowest BCUT2D eigenvalue weighted by Crippen LogP contribution is -2.43. The highest BCUT2D eigenvalue weighted by Crippen LogP contribution is 2.35. The summed E-state index contributed by atoms with van der Waals surface area (Å²) < 4.78 is 28.7. The van der Waals surface area contributed by atoms with Crippen molar-refractivity contribution < 1.29 is 8.42 Å². The van der Waals surface area contributed by atoms with E-state index in [0.717, 1.165) is 5.56 Å². The molecule has 5 nitrogen and oxygen atoms in total. The van der Waals surface area contributed by atoms with E-state index in [4.69, 9.17) is 17.4 Å². The Kier molecular flexibility index (Phi) is 3.68. The van der Waals surface area contributed by atoms with Gasteiger partial charge in [0, 0.05) is 10.9 Å². The second-order valence-electron chi connectivity index (χ2n) is 5.04. The first kappa shape index (κ1) is 15.0. The van der Waals surface area contributed by atoms with Gasteiger partial charge in [-0.3, -0.25) is 5.01 Å². The van der Waals surface area contributed by atoms with Gasteiger partial charge in [-0.05, 0) is 23.8 Å². The average Bonchev–Trinajstić information content (AvgIpc) is 2.51. The summed E-state index contributed by atoms with van der Waals surface area (Å²) in [5.74, 6) is 6.11. The number of benzene rings is 2. The van der Waals surface area contributed by atoms with E-state index in [1.54, 1.807) is 12.1 Å². The van der Waals surface area contributed by atoms with Crippen LogP contribution in [-0.4, -0.2) is 14.3 Å². The quantitative estimate of drug-likeness (QED) is 0.856. The second kappa shape index (κ2) is 5.39. The summed E-state index contributed by atoms with van der Waals surface area (Å²) in [5, 5.41) is 1.63. The van der Waals surface area contributed by atoms with Crippen LogP contribution in [0.1, 0.15) is 18.4 Å². The fourth-order valence-corrected chi connectivity index (χ4v) is 3.95. The topological polar surface area (TPSA) is 75.8 Å². The minimum atomic E-state index is -3.82. The zero-order chi connectivity index (χ0) is 15.9. The van der Waals surface area contributed by atoms with Gasteiger partial charge in [0.25, 0.3) is 10.0 Å². The lowest BCUT2D eigenvalue weighted by molar-refractivity contribution is 0.596. The Bertz CT molecular complexity index is 850. The van der Waals surface area contributed by atoms with Crippen LogP contribution in [-0.2, 0) is 10.0 Å². The molecule has 0 amide bonds. The van der Waals surface area contributed by atoms with Gasteiger partial charge < -0.3 is 0 Å². The van der Waals surface area contributed by atoms with Gasteiger partial charge in [-0.2, -0.15) is 8.42 Å². The van der Waals surface area contributed by atoms with E-state index in [9.17, 15) is 8.42 Å². The van der Waals surface area contributed by atoms with Gasteiger partial charge in [-0.1, -0.05) is 48.9 Å². The number of sulfonamides is 1. The van der Waals surface area contributed by atoms with Gasteiger partial charge >= 0.3 is 0 Å². The molecule has 1 aliphatic heterocycles. The molecule has 2 aromatic rings. The van der Waals surface area contributed by atoms with Crippen LogP contribution in [0.5, 0.6) is 0 Å². The van der Waals surface area contributed by atoms with Gasteiger partial charge in [0.15, 0.2) is 0 Å². The predicted octanol–water partition coefficient (Wildman–Crippen LogP) is 2.92. The Balaban J connectivity index is 2.12. The first-order valence-corrected chi connectivity index (χ1v) is 8.46. The molecule has 0 spiro atoms. The van der Waals surface area contributed by atoms with Crippen LogP contribution in [0.2, 0.25) is 5.02 Å². The highest BCUT2D eigenvalue weighted by Gasteiger charge is 2.32. The fraction of sp³-hybridized carbons (Fsp3) is 0.133. The van der Waals surface area contributed by atoms with E-state index in [0.29, 0.717) is 10.7 Å². The molecule has 1 atom stereocenters. The molecule has 7 heteroatoms. The highest BCUT2D eigenvalue weighted by molar-refractivity contribution is 7.90. The van der Waals surface area contributed by atoms with Gasteiger partial charge in [-0.15, -0.1) is 4.40 Å². The van der Waals surface area contributed by atoms with E-state index in [1.165, 1.54) is 11.1 Å². The zero-order valence-electron chi connectivity index (χ0n) is 11.8. The van der Waals surface area contributed by atoms with Crippen molar-refractivity contribution in [2.45, 2.75) is 17.7 Å². The molecular weight excluding hydrogens is 322 g/mol. The van der Waals surface area contributed by atoms with Crippen LogP contribution in [0, 0.1) is 0 Å². The van der Waals surface area contributed by atoms with Crippen molar-refractivity contribution in [2.75, 3.05) is 5.01 Å². The van der Waals surface area contributed by atoms with E-state index in [1.807, 2.05) is 37.3 Å². The molecule has 0 aliphatic carbocycles. The molecule has 1 aliphatic rings. The maximum absolute atomic E-state index is 12.4. The number of halogens is 1. The number of hydrogen-bond acceptors (Lipinski definition) is 4. The van der Waals surface area contributed by atoms with Crippen molar-refractivity contribution in [3.05, 3.63) is 59.1 Å². The largest absolute Gasteiger partial charge is 0.286 e. The summed E-state index contributed by atoms with van der Waals surface area (Å²) in [6.45, 7) is 1.87. The molecule has 3 rings (SSSR count). The van der Waals surface area contributed by atoms with Gasteiger partial charge in [0.1, 0.15) is 10.7 Å². The third kappa shape index (κ3) is 2.49. The van der Waals surface area contributed by atoms with Crippen molar-refractivity contribution >= 4 is 33.1 Å². The number of hydrazine groups is 1. The van der Waals surface area contributed by atoms with E-state index < -0.39 is 10.0 Å². The minimum Gasteiger partial charge on any atom is -0.263 e. The number of rotatable bonds is 2. The SMILES string of the molecule is CC(C1=NS(=O)(=O)c2cc(Cl)ccc2N1N)c1ccccc1. The van der Waals surface area contributed by atoms with E-state index >= 15 is 0 Å². The third-order valence-electron chi connectivity index (χ3n) is 3.61. The standard InChI is InChI=1S/C15H14ClN3O2S/c1-10(11-5-3-2-4-6-11)15-18-22(20,21)14-9-12(16)7-8-13(14)19(15)17/h2-10H,17H2,1H3. The summed E-state index contributed by atoms with van der Waals surface area (Å²) in [7, 11) is -3.82. The molecule has 0 saturated heterocycles. The maximum atomic E-state index is 12.4. The van der Waals surface area contributed by atoms with E-state index in [-0.39, 0.29) is 16.6 Å². The van der Waals surface area contributed by atoms with Crippen molar-refractivity contribution in [2.24, 2.45) is 10.2 Å². The molecule has 0 fully saturated rings. The number of nitrogens with two attached hydrogens (primary N) is 1. The van der Waals surface area contributed by atoms with Crippen LogP contribution in [0.15, 0.2) is 57.8 Å². The lowest BCUT2D eigenvalue weighted by Gasteiger charge is -2.29. The van der Waals surface area contributed by atoms with Gasteiger partial charge in [0.2, 0.25) is 0 Å². The van der Waals surface area contributed by atoms with Crippen molar-refractivity contribution in [3.63, 3.8) is 0 Å². The zero-order valence-corrected chi connectivity index (χ0v) is 13.3. The predicted molar refractivity (Wildman–Crippen MR) is 87.6 cm³/mol. The molecule has 0 bridgehead atoms. The van der Waals surface area contributed by atoms with Gasteiger partial charge in [0.05, 0.1) is 5.69 Å². The smallest absolute Gasteiger partial charge is 0.263 e. The van der Waals surface area contributed by atoms with Crippen molar-refractivity contribution in [1.29, 1.82) is 0 Å². The Morgan fingerprint density at radius 3 is 2.55 bits per heavy atom. The average molecular weight is 336 g/mol. The first-order valence-electron chi connectivity index (χ1n) is 6.64. The van der Waals surface area contributed by atoms with Gasteiger partial charge in [-0.25, -0.2) is 5.84 Å². The van der Waals surface area contributed by atoms with Crippen molar-refractivity contribution in [1.82, 2.24) is 0 Å². The molecular formula is C15H14ClN3O2S. The number of hydrogen-bond donors (Lipinski definition) is 1. The Morgan fingerprint density at radius 2 is 1.86 bits per heavy atom. The van der Waals surface area contributed by atoms with Crippen LogP contribution in [0.4, 0.5) is 5.69 Å². The molecule has 114 valence electrons. The Morgan fingerprint density at radius 1 is 1.18 bits per heavy atom. The third-order valence-corrected chi connectivity index (χ3v) is 5.15. The van der Waals surface area contributed by atoms with Crippen LogP contribution < -0.4 is 10.9 Å². The molecule has 2 aromatic carbocycles. The Hall–Kier alpha value is -1.89. The second-order valence-corrected chi connectivity index (χ2v) is 7.05. The van der Waals surface area contributed by atoms with Crippen molar-refractivity contribution in [3.8, 4) is 0 Å². The molecule has 1 unspecified atom stereocenters. The maximum Gasteiger partial charge on any atom is 0.286 e. The highest BCUT2D eigenvalue weighted by atomic mass is 35.5. The van der Waals surface area contributed by atoms with Crippen LogP contribution in [0.3, 0.4) is 0 Å². The molecule has 22 heavy (non-hydrogen) atoms. The lowest BCUT2D eigenvalue weighted by atomic mass is 9.99. The molecule has 0 aromatic heterocycles. The van der Waals surface area contributed by atoms with E-state index in [2.05, 4.69) is 4.40 Å². The summed E-state index contributed by atoms with van der Waals surface area (Å²) in [4.78, 5) is 0.0199. The monoisotopic (exact) mass is 335 g/mol. The Labute approximate surface area is 134 Å². The van der Waals surface area contributed by atoms with Crippen LogP contribution in [0.25, 0.3) is 0 Å². The van der Waals surface area contributed by atoms with Crippen LogP contribution >= 0.6 is 11.6 Å². The molecule has 0 saturated carbocycles. The molecule has 2 N–H and O–H groups in total. The summed E-state index contributed by atoms with van der Waals surface area (Å²) >= 11 is 5.87. The number of anilines is 1. The minimum absolute atomic E-state index is 0.0199. The fourth-order valence-electron chi connectivity index (χ4n) is 2.41. The normalized spacial score (nSPS) is 17.6. The first-order chi connectivity index (χ1) is 10.4. The summed E-state index contributed by atoms with van der Waals surface area (Å²) in [6, 6.07) is 14.0. The summed E-state index contributed by atoms with van der Waals surface area (Å²) in [5.41, 5.74) is 1.31. The number of nitrogens with zero attached hydrogens (tertiary/aromatic N) is 2. The number of fused-ring (bicyclic) bond motifs is 1. The molecule has 1 heterocycles. The summed E-state index contributed by atoms with van der Waals surface area (Å²) in [6.07, 6.45) is 0. The molecule has 0 radical (unpaired) electrons.